The predicted octanol–water partition coefficient (Wildman–Crippen LogP) is -0.542. The lowest BCUT2D eigenvalue weighted by atomic mass is 10.1. The van der Waals surface area contributed by atoms with E-state index in [4.69, 9.17) is 4.74 Å². The third kappa shape index (κ3) is 3.04. The van der Waals surface area contributed by atoms with Crippen molar-refractivity contribution >= 4 is 5.91 Å². The van der Waals surface area contributed by atoms with E-state index in [9.17, 15) is 9.90 Å². The fourth-order valence-electron chi connectivity index (χ4n) is 1.84. The van der Waals surface area contributed by atoms with Gasteiger partial charge >= 0.3 is 0 Å². The lowest BCUT2D eigenvalue weighted by Gasteiger charge is -2.28. The summed E-state index contributed by atoms with van der Waals surface area (Å²) in [6, 6.07) is 1.63. The number of aliphatic hydroxyl groups excluding tert-OH is 1. The third-order valence-corrected chi connectivity index (χ3v) is 2.89. The van der Waals surface area contributed by atoms with E-state index in [0.29, 0.717) is 13.0 Å². The molecule has 17 heavy (non-hydrogen) atoms. The van der Waals surface area contributed by atoms with Gasteiger partial charge in [0.1, 0.15) is 6.54 Å². The number of carbonyl (C=O) groups excluding carboxylic acids is 1. The van der Waals surface area contributed by atoms with E-state index < -0.39 is 6.10 Å². The number of nitrogens with zero attached hydrogens (tertiary/aromatic N) is 2. The second kappa shape index (κ2) is 5.29. The summed E-state index contributed by atoms with van der Waals surface area (Å²) in [5, 5.41) is 16.5. The van der Waals surface area contributed by atoms with Crippen LogP contribution in [0.3, 0.4) is 0 Å². The second-order valence-corrected chi connectivity index (χ2v) is 4.24. The van der Waals surface area contributed by atoms with Crippen molar-refractivity contribution in [1.29, 1.82) is 0 Å². The van der Waals surface area contributed by atoms with Gasteiger partial charge in [0.25, 0.3) is 0 Å². The van der Waals surface area contributed by atoms with Gasteiger partial charge in [-0.15, -0.1) is 0 Å². The average molecular weight is 239 g/mol. The number of nitrogens with one attached hydrogen (secondary N) is 1. The molecule has 6 nitrogen and oxygen atoms in total. The lowest BCUT2D eigenvalue weighted by Crippen LogP contribution is -2.49. The van der Waals surface area contributed by atoms with Crippen LogP contribution in [0.5, 0.6) is 0 Å². The number of carbonyl (C=O) groups is 1. The Hall–Kier alpha value is -1.40. The molecule has 1 amide bonds. The molecule has 94 valence electrons. The zero-order valence-corrected chi connectivity index (χ0v) is 9.80. The predicted molar refractivity (Wildman–Crippen MR) is 60.3 cm³/mol. The Labute approximate surface area is 99.6 Å². The van der Waals surface area contributed by atoms with Crippen molar-refractivity contribution in [3.63, 3.8) is 0 Å². The molecule has 1 aromatic rings. The van der Waals surface area contributed by atoms with Gasteiger partial charge in [0.15, 0.2) is 0 Å². The molecule has 2 N–H and O–H groups in total. The third-order valence-electron chi connectivity index (χ3n) is 2.89. The SMILES string of the molecule is Cc1ccnn1CC(=O)N[C@@H]1CCOC[C@H]1O. The van der Waals surface area contributed by atoms with Gasteiger partial charge < -0.3 is 15.2 Å². The first-order valence-electron chi connectivity index (χ1n) is 5.70. The summed E-state index contributed by atoms with van der Waals surface area (Å²) in [6.07, 6.45) is 1.68. The Bertz CT molecular complexity index is 391. The minimum absolute atomic E-state index is 0.136. The van der Waals surface area contributed by atoms with E-state index in [1.165, 1.54) is 0 Å². The number of hydrogen-bond donors (Lipinski definition) is 2. The first-order valence-corrected chi connectivity index (χ1v) is 5.70. The first kappa shape index (κ1) is 12.1. The first-order chi connectivity index (χ1) is 8.16. The molecule has 2 atom stereocenters. The van der Waals surface area contributed by atoms with Crippen molar-refractivity contribution in [2.75, 3.05) is 13.2 Å². The van der Waals surface area contributed by atoms with E-state index in [0.717, 1.165) is 5.69 Å². The van der Waals surface area contributed by atoms with Crippen molar-refractivity contribution < 1.29 is 14.6 Å². The van der Waals surface area contributed by atoms with Crippen molar-refractivity contribution in [3.8, 4) is 0 Å². The zero-order chi connectivity index (χ0) is 12.3. The highest BCUT2D eigenvalue weighted by atomic mass is 16.5. The molecule has 1 aliphatic heterocycles. The van der Waals surface area contributed by atoms with Gasteiger partial charge in [-0.2, -0.15) is 5.10 Å². The van der Waals surface area contributed by atoms with Crippen LogP contribution in [0, 0.1) is 6.92 Å². The van der Waals surface area contributed by atoms with Gasteiger partial charge in [-0.3, -0.25) is 9.48 Å². The maximum absolute atomic E-state index is 11.8. The fraction of sp³-hybridized carbons (Fsp3) is 0.636. The molecule has 1 aromatic heterocycles. The van der Waals surface area contributed by atoms with E-state index in [2.05, 4.69) is 10.4 Å². The number of amides is 1. The molecule has 0 spiro atoms. The summed E-state index contributed by atoms with van der Waals surface area (Å²) in [5.74, 6) is -0.136. The van der Waals surface area contributed by atoms with Crippen LogP contribution in [0.2, 0.25) is 0 Å². The molecule has 1 saturated heterocycles. The monoisotopic (exact) mass is 239 g/mol. The number of aromatic nitrogens is 2. The molecular formula is C11H17N3O3. The zero-order valence-electron chi connectivity index (χ0n) is 9.80. The quantitative estimate of drug-likeness (QED) is 0.742. The van der Waals surface area contributed by atoms with Gasteiger partial charge in [-0.1, -0.05) is 0 Å². The molecule has 0 aliphatic carbocycles. The van der Waals surface area contributed by atoms with Crippen LogP contribution in [-0.4, -0.2) is 46.2 Å². The van der Waals surface area contributed by atoms with Crippen LogP contribution in [0.25, 0.3) is 0 Å². The van der Waals surface area contributed by atoms with Crippen LogP contribution in [0.4, 0.5) is 0 Å². The summed E-state index contributed by atoms with van der Waals surface area (Å²) in [4.78, 5) is 11.8. The Morgan fingerprint density at radius 1 is 1.76 bits per heavy atom. The van der Waals surface area contributed by atoms with Crippen molar-refractivity contribution in [3.05, 3.63) is 18.0 Å². The van der Waals surface area contributed by atoms with Gasteiger partial charge in [0.2, 0.25) is 5.91 Å². The molecule has 0 bridgehead atoms. The average Bonchev–Trinajstić information content (AvgIpc) is 2.68. The normalized spacial score (nSPS) is 24.6. The van der Waals surface area contributed by atoms with Gasteiger partial charge in [0, 0.05) is 18.5 Å². The largest absolute Gasteiger partial charge is 0.389 e. The summed E-state index contributed by atoms with van der Waals surface area (Å²) < 4.78 is 6.73. The Balaban J connectivity index is 1.86. The second-order valence-electron chi connectivity index (χ2n) is 4.24. The molecule has 0 radical (unpaired) electrons. The fourth-order valence-corrected chi connectivity index (χ4v) is 1.84. The van der Waals surface area contributed by atoms with Gasteiger partial charge in [-0.05, 0) is 19.4 Å². The van der Waals surface area contributed by atoms with Gasteiger partial charge in [-0.25, -0.2) is 0 Å². The summed E-state index contributed by atoms with van der Waals surface area (Å²) >= 11 is 0. The van der Waals surface area contributed by atoms with Crippen LogP contribution in [0.15, 0.2) is 12.3 Å². The number of rotatable bonds is 3. The summed E-state index contributed by atoms with van der Waals surface area (Å²) in [6.45, 7) is 2.93. The molecule has 0 aromatic carbocycles. The van der Waals surface area contributed by atoms with Crippen molar-refractivity contribution in [1.82, 2.24) is 15.1 Å². The summed E-state index contributed by atoms with van der Waals surface area (Å²) in [7, 11) is 0. The Kier molecular flexibility index (Phi) is 3.75. The maximum Gasteiger partial charge on any atom is 0.242 e. The Morgan fingerprint density at radius 3 is 3.24 bits per heavy atom. The minimum Gasteiger partial charge on any atom is -0.389 e. The standard InChI is InChI=1S/C11H17N3O3/c1-8-2-4-12-14(8)6-11(16)13-9-3-5-17-7-10(9)15/h2,4,9-10,15H,3,5-7H2,1H3,(H,13,16)/t9-,10-/m1/s1. The Morgan fingerprint density at radius 2 is 2.59 bits per heavy atom. The topological polar surface area (TPSA) is 76.4 Å². The van der Waals surface area contributed by atoms with E-state index in [1.54, 1.807) is 10.9 Å². The number of aliphatic hydroxyl groups is 1. The van der Waals surface area contributed by atoms with Crippen molar-refractivity contribution in [2.24, 2.45) is 0 Å². The van der Waals surface area contributed by atoms with E-state index in [-0.39, 0.29) is 25.1 Å². The smallest absolute Gasteiger partial charge is 0.242 e. The number of ether oxygens (including phenoxy) is 1. The van der Waals surface area contributed by atoms with Crippen molar-refractivity contribution in [2.45, 2.75) is 32.0 Å². The summed E-state index contributed by atoms with van der Waals surface area (Å²) in [5.41, 5.74) is 0.938. The highest BCUT2D eigenvalue weighted by Gasteiger charge is 2.25. The van der Waals surface area contributed by atoms with Crippen LogP contribution < -0.4 is 5.32 Å². The highest BCUT2D eigenvalue weighted by Crippen LogP contribution is 2.07. The number of aryl methyl sites for hydroxylation is 1. The molecule has 2 heterocycles. The lowest BCUT2D eigenvalue weighted by molar-refractivity contribution is -0.125. The molecule has 2 rings (SSSR count). The molecule has 1 aliphatic rings. The molecule has 0 saturated carbocycles. The van der Waals surface area contributed by atoms with Crippen LogP contribution in [-0.2, 0) is 16.1 Å². The van der Waals surface area contributed by atoms with Crippen LogP contribution >= 0.6 is 0 Å². The van der Waals surface area contributed by atoms with E-state index >= 15 is 0 Å². The highest BCUT2D eigenvalue weighted by molar-refractivity contribution is 5.76. The van der Waals surface area contributed by atoms with Gasteiger partial charge in [0.05, 0.1) is 18.8 Å². The number of hydrogen-bond acceptors (Lipinski definition) is 4. The molecule has 0 unspecified atom stereocenters. The molecule has 6 heteroatoms. The van der Waals surface area contributed by atoms with E-state index in [1.807, 2.05) is 13.0 Å². The molecule has 1 fully saturated rings. The minimum atomic E-state index is -0.619. The maximum atomic E-state index is 11.8. The van der Waals surface area contributed by atoms with Crippen LogP contribution in [0.1, 0.15) is 12.1 Å². The molecular weight excluding hydrogens is 222 g/mol.